The minimum Gasteiger partial charge on any atom is -0.391 e. The fourth-order valence-electron chi connectivity index (χ4n) is 1.17. The number of amides is 1. The highest BCUT2D eigenvalue weighted by Gasteiger charge is 2.19. The molecule has 0 aromatic carbocycles. The Morgan fingerprint density at radius 2 is 2.46 bits per heavy atom. The quantitative estimate of drug-likeness (QED) is 0.671. The lowest BCUT2D eigenvalue weighted by Gasteiger charge is -2.18. The van der Waals surface area contributed by atoms with Gasteiger partial charge in [-0.15, -0.1) is 0 Å². The van der Waals surface area contributed by atoms with Crippen LogP contribution in [0.2, 0.25) is 0 Å². The summed E-state index contributed by atoms with van der Waals surface area (Å²) in [5.74, 6) is -0.443. The second-order valence-electron chi connectivity index (χ2n) is 2.96. The van der Waals surface area contributed by atoms with E-state index in [0.717, 1.165) is 0 Å². The summed E-state index contributed by atoms with van der Waals surface area (Å²) in [5.41, 5.74) is 5.05. The van der Waals surface area contributed by atoms with Gasteiger partial charge in [-0.25, -0.2) is 0 Å². The van der Waals surface area contributed by atoms with Crippen LogP contribution >= 0.6 is 0 Å². The molecule has 0 bridgehead atoms. The highest BCUT2D eigenvalue weighted by Crippen LogP contribution is 2.14. The molecule has 0 fully saturated rings. The van der Waals surface area contributed by atoms with Crippen LogP contribution in [0.4, 0.5) is 0 Å². The molecule has 1 aromatic heterocycles. The Morgan fingerprint density at radius 1 is 1.77 bits per heavy atom. The molecule has 1 heterocycles. The number of primary amides is 1. The SMILES string of the molecule is CC(O)C(CC(N)=O)n1cccn1. The normalized spacial score (nSPS) is 15.2. The van der Waals surface area contributed by atoms with Crippen LogP contribution in [-0.4, -0.2) is 26.9 Å². The molecule has 2 unspecified atom stereocenters. The molecule has 1 aromatic rings. The number of carbonyl (C=O) groups excluding carboxylic acids is 1. The molecule has 0 aliphatic heterocycles. The highest BCUT2D eigenvalue weighted by atomic mass is 16.3. The van der Waals surface area contributed by atoms with E-state index < -0.39 is 12.0 Å². The molecule has 2 atom stereocenters. The number of nitrogens with two attached hydrogens (primary N) is 1. The van der Waals surface area contributed by atoms with Gasteiger partial charge in [0.05, 0.1) is 18.6 Å². The Balaban J connectivity index is 2.74. The van der Waals surface area contributed by atoms with Crippen molar-refractivity contribution in [3.8, 4) is 0 Å². The fourth-order valence-corrected chi connectivity index (χ4v) is 1.17. The van der Waals surface area contributed by atoms with E-state index in [-0.39, 0.29) is 12.5 Å². The number of hydrogen-bond donors (Lipinski definition) is 2. The lowest BCUT2D eigenvalue weighted by Crippen LogP contribution is -2.27. The molecule has 3 N–H and O–H groups in total. The van der Waals surface area contributed by atoms with Crippen LogP contribution in [-0.2, 0) is 4.79 Å². The smallest absolute Gasteiger partial charge is 0.219 e. The summed E-state index contributed by atoms with van der Waals surface area (Å²) >= 11 is 0. The molecule has 72 valence electrons. The van der Waals surface area contributed by atoms with E-state index in [0.29, 0.717) is 0 Å². The first-order chi connectivity index (χ1) is 6.11. The first-order valence-corrected chi connectivity index (χ1v) is 4.06. The Kier molecular flexibility index (Phi) is 3.02. The Morgan fingerprint density at radius 3 is 2.85 bits per heavy atom. The first kappa shape index (κ1) is 9.73. The molecule has 0 aliphatic carbocycles. The van der Waals surface area contributed by atoms with Crippen molar-refractivity contribution in [3.05, 3.63) is 18.5 Å². The topological polar surface area (TPSA) is 81.1 Å². The zero-order valence-corrected chi connectivity index (χ0v) is 7.42. The zero-order valence-electron chi connectivity index (χ0n) is 7.42. The maximum Gasteiger partial charge on any atom is 0.219 e. The summed E-state index contributed by atoms with van der Waals surface area (Å²) in [4.78, 5) is 10.7. The van der Waals surface area contributed by atoms with Crippen LogP contribution in [0.5, 0.6) is 0 Å². The average Bonchev–Trinajstić information content (AvgIpc) is 2.50. The number of aliphatic hydroxyl groups is 1. The van der Waals surface area contributed by atoms with Gasteiger partial charge in [-0.1, -0.05) is 0 Å². The molecule has 1 amide bonds. The molecular formula is C8H13N3O2. The second-order valence-corrected chi connectivity index (χ2v) is 2.96. The molecule has 13 heavy (non-hydrogen) atoms. The number of aliphatic hydroxyl groups excluding tert-OH is 1. The molecule has 5 heteroatoms. The summed E-state index contributed by atoms with van der Waals surface area (Å²) in [6, 6.07) is 1.36. The van der Waals surface area contributed by atoms with Crippen molar-refractivity contribution < 1.29 is 9.90 Å². The van der Waals surface area contributed by atoms with Crippen LogP contribution in [0.3, 0.4) is 0 Å². The van der Waals surface area contributed by atoms with Crippen molar-refractivity contribution in [2.45, 2.75) is 25.5 Å². The van der Waals surface area contributed by atoms with E-state index in [1.807, 2.05) is 0 Å². The molecule has 0 radical (unpaired) electrons. The van der Waals surface area contributed by atoms with E-state index in [4.69, 9.17) is 5.73 Å². The summed E-state index contributed by atoms with van der Waals surface area (Å²) < 4.78 is 1.54. The van der Waals surface area contributed by atoms with Crippen molar-refractivity contribution in [2.24, 2.45) is 5.73 Å². The summed E-state index contributed by atoms with van der Waals surface area (Å²) in [6.45, 7) is 1.61. The second kappa shape index (κ2) is 4.04. The first-order valence-electron chi connectivity index (χ1n) is 4.06. The third-order valence-corrected chi connectivity index (χ3v) is 1.83. The predicted octanol–water partition coefficient (Wildman–Crippen LogP) is -0.320. The van der Waals surface area contributed by atoms with Gasteiger partial charge in [-0.2, -0.15) is 5.10 Å². The fraction of sp³-hybridized carbons (Fsp3) is 0.500. The van der Waals surface area contributed by atoms with Gasteiger partial charge in [0.2, 0.25) is 5.91 Å². The van der Waals surface area contributed by atoms with Crippen LogP contribution in [0.25, 0.3) is 0 Å². The van der Waals surface area contributed by atoms with E-state index in [1.165, 1.54) is 4.68 Å². The number of carbonyl (C=O) groups is 1. The predicted molar refractivity (Wildman–Crippen MR) is 46.8 cm³/mol. The molecule has 1 rings (SSSR count). The van der Waals surface area contributed by atoms with Crippen LogP contribution in [0, 0.1) is 0 Å². The van der Waals surface area contributed by atoms with Gasteiger partial charge >= 0.3 is 0 Å². The van der Waals surface area contributed by atoms with Gasteiger partial charge in [0, 0.05) is 12.4 Å². The van der Waals surface area contributed by atoms with Crippen LogP contribution < -0.4 is 5.73 Å². The van der Waals surface area contributed by atoms with E-state index in [9.17, 15) is 9.90 Å². The van der Waals surface area contributed by atoms with Crippen molar-refractivity contribution in [3.63, 3.8) is 0 Å². The number of nitrogens with zero attached hydrogens (tertiary/aromatic N) is 2. The third kappa shape index (κ3) is 2.55. The van der Waals surface area contributed by atoms with E-state index >= 15 is 0 Å². The van der Waals surface area contributed by atoms with Gasteiger partial charge in [0.15, 0.2) is 0 Å². The van der Waals surface area contributed by atoms with E-state index in [2.05, 4.69) is 5.10 Å². The molecule has 0 saturated carbocycles. The Labute approximate surface area is 76.2 Å². The molecule has 0 saturated heterocycles. The summed E-state index contributed by atoms with van der Waals surface area (Å²) in [5, 5.41) is 13.3. The van der Waals surface area contributed by atoms with Gasteiger partial charge in [-0.05, 0) is 13.0 Å². The number of hydrogen-bond acceptors (Lipinski definition) is 3. The van der Waals surface area contributed by atoms with Gasteiger partial charge in [-0.3, -0.25) is 9.48 Å². The maximum absolute atomic E-state index is 10.7. The van der Waals surface area contributed by atoms with Crippen molar-refractivity contribution in [1.82, 2.24) is 9.78 Å². The lowest BCUT2D eigenvalue weighted by atomic mass is 10.1. The number of aromatic nitrogens is 2. The lowest BCUT2D eigenvalue weighted by molar-refractivity contribution is -0.119. The van der Waals surface area contributed by atoms with Crippen molar-refractivity contribution in [2.75, 3.05) is 0 Å². The average molecular weight is 183 g/mol. The monoisotopic (exact) mass is 183 g/mol. The largest absolute Gasteiger partial charge is 0.391 e. The Hall–Kier alpha value is -1.36. The highest BCUT2D eigenvalue weighted by molar-refractivity contribution is 5.74. The zero-order chi connectivity index (χ0) is 9.84. The molecule has 5 nitrogen and oxygen atoms in total. The third-order valence-electron chi connectivity index (χ3n) is 1.83. The summed E-state index contributed by atoms with van der Waals surface area (Å²) in [6.07, 6.45) is 2.74. The Bertz CT molecular complexity index is 269. The van der Waals surface area contributed by atoms with Crippen molar-refractivity contribution >= 4 is 5.91 Å². The van der Waals surface area contributed by atoms with Crippen LogP contribution in [0.1, 0.15) is 19.4 Å². The van der Waals surface area contributed by atoms with E-state index in [1.54, 1.807) is 25.4 Å². The van der Waals surface area contributed by atoms with Crippen LogP contribution in [0.15, 0.2) is 18.5 Å². The molecular weight excluding hydrogens is 170 g/mol. The van der Waals surface area contributed by atoms with Gasteiger partial charge in [0.25, 0.3) is 0 Å². The van der Waals surface area contributed by atoms with Gasteiger partial charge < -0.3 is 10.8 Å². The maximum atomic E-state index is 10.7. The minimum absolute atomic E-state index is 0.0966. The molecule has 0 spiro atoms. The summed E-state index contributed by atoms with van der Waals surface area (Å²) in [7, 11) is 0. The molecule has 0 aliphatic rings. The minimum atomic E-state index is -0.646. The standard InChI is InChI=1S/C8H13N3O2/c1-6(12)7(5-8(9)13)11-4-2-3-10-11/h2-4,6-7,12H,5H2,1H3,(H2,9,13). The number of rotatable bonds is 4. The van der Waals surface area contributed by atoms with Gasteiger partial charge in [0.1, 0.15) is 0 Å². The van der Waals surface area contributed by atoms with Crippen molar-refractivity contribution in [1.29, 1.82) is 0 Å².